The molecule has 1 aromatic carbocycles. The predicted molar refractivity (Wildman–Crippen MR) is 113 cm³/mol. The second-order valence-electron chi connectivity index (χ2n) is 8.25. The normalized spacial score (nSPS) is 25.3. The van der Waals surface area contributed by atoms with Crippen LogP contribution in [0.4, 0.5) is 0 Å². The van der Waals surface area contributed by atoms with E-state index in [1.54, 1.807) is 31.0 Å². The van der Waals surface area contributed by atoms with E-state index in [0.717, 1.165) is 12.8 Å². The molecule has 1 heterocycles. The summed E-state index contributed by atoms with van der Waals surface area (Å²) < 4.78 is 34.7. The Morgan fingerprint density at radius 2 is 2.10 bits per heavy atom. The fourth-order valence-electron chi connectivity index (χ4n) is 3.51. The van der Waals surface area contributed by atoms with Gasteiger partial charge in [-0.25, -0.2) is 8.42 Å². The van der Waals surface area contributed by atoms with Gasteiger partial charge in [-0.05, 0) is 43.9 Å². The van der Waals surface area contributed by atoms with E-state index in [0.29, 0.717) is 23.4 Å². The summed E-state index contributed by atoms with van der Waals surface area (Å²) in [6.45, 7) is 3.91. The van der Waals surface area contributed by atoms with Crippen molar-refractivity contribution in [2.24, 2.45) is 11.8 Å². The highest BCUT2D eigenvalue weighted by Crippen LogP contribution is 2.36. The molecule has 0 unspecified atom stereocenters. The Labute approximate surface area is 181 Å². The molecule has 1 N–H and O–H groups in total. The minimum Gasteiger partial charge on any atom is -0.487 e. The molecule has 2 aliphatic rings. The number of halogens is 1. The molecule has 0 spiro atoms. The summed E-state index contributed by atoms with van der Waals surface area (Å²) in [6, 6.07) is 4.26. The quantitative estimate of drug-likeness (QED) is 0.664. The van der Waals surface area contributed by atoms with Crippen LogP contribution in [0.2, 0.25) is 0 Å². The van der Waals surface area contributed by atoms with E-state index in [-0.39, 0.29) is 41.7 Å². The zero-order valence-electron chi connectivity index (χ0n) is 17.0. The highest BCUT2D eigenvalue weighted by molar-refractivity contribution is 9.10. The molecule has 0 bridgehead atoms. The fraction of sp³-hybridized carbons (Fsp3) is 0.650. The highest BCUT2D eigenvalue weighted by Gasteiger charge is 2.38. The van der Waals surface area contributed by atoms with Gasteiger partial charge in [0.1, 0.15) is 16.7 Å². The van der Waals surface area contributed by atoms with Crippen molar-refractivity contribution < 1.29 is 23.1 Å². The van der Waals surface area contributed by atoms with E-state index < -0.39 is 16.1 Å². The zero-order valence-corrected chi connectivity index (χ0v) is 19.4. The van der Waals surface area contributed by atoms with Gasteiger partial charge in [-0.3, -0.25) is 4.79 Å². The molecule has 29 heavy (non-hydrogen) atoms. The molecule has 1 saturated carbocycles. The molecule has 3 atom stereocenters. The van der Waals surface area contributed by atoms with Gasteiger partial charge < -0.3 is 14.7 Å². The Hall–Kier alpha value is -1.16. The Morgan fingerprint density at radius 1 is 1.41 bits per heavy atom. The van der Waals surface area contributed by atoms with Crippen LogP contribution in [0.5, 0.6) is 5.75 Å². The first kappa shape index (κ1) is 22.5. The van der Waals surface area contributed by atoms with E-state index in [4.69, 9.17) is 4.74 Å². The number of carbonyl (C=O) groups excluding carboxylic acids is 1. The summed E-state index contributed by atoms with van der Waals surface area (Å²) in [5, 5.41) is 9.64. The summed E-state index contributed by atoms with van der Waals surface area (Å²) in [5.41, 5.74) is 0. The van der Waals surface area contributed by atoms with Crippen molar-refractivity contribution in [3.05, 3.63) is 22.7 Å². The van der Waals surface area contributed by atoms with Crippen LogP contribution in [0.15, 0.2) is 27.6 Å². The molecule has 9 heteroatoms. The summed E-state index contributed by atoms with van der Waals surface area (Å²) in [4.78, 5) is 14.2. The molecule has 162 valence electrons. The number of amides is 1. The Morgan fingerprint density at radius 3 is 2.72 bits per heavy atom. The van der Waals surface area contributed by atoms with Crippen LogP contribution >= 0.6 is 15.9 Å². The van der Waals surface area contributed by atoms with Crippen LogP contribution in [0, 0.1) is 11.8 Å². The maximum absolute atomic E-state index is 13.3. The van der Waals surface area contributed by atoms with Crippen molar-refractivity contribution >= 4 is 31.9 Å². The van der Waals surface area contributed by atoms with Crippen molar-refractivity contribution in [1.29, 1.82) is 0 Å². The number of ether oxygens (including phenoxy) is 1. The van der Waals surface area contributed by atoms with Crippen LogP contribution in [-0.2, 0) is 14.8 Å². The molecule has 7 nitrogen and oxygen atoms in total. The SMILES string of the molecule is C[C@H]1CN([C@@H](C)CO)S(=O)(=O)c2ccc(Br)cc2O[C@@H]1CN(C)C(=O)CC1CC1. The van der Waals surface area contributed by atoms with Gasteiger partial charge in [-0.2, -0.15) is 4.31 Å². The van der Waals surface area contributed by atoms with Crippen molar-refractivity contribution in [3.8, 4) is 5.75 Å². The third kappa shape index (κ3) is 5.13. The molecule has 0 aromatic heterocycles. The van der Waals surface area contributed by atoms with E-state index in [9.17, 15) is 18.3 Å². The fourth-order valence-corrected chi connectivity index (χ4v) is 5.68. The largest absolute Gasteiger partial charge is 0.487 e. The Balaban J connectivity index is 1.92. The lowest BCUT2D eigenvalue weighted by molar-refractivity contribution is -0.131. The molecule has 0 radical (unpaired) electrons. The summed E-state index contributed by atoms with van der Waals surface area (Å²) in [7, 11) is -2.06. The Bertz CT molecular complexity index is 858. The van der Waals surface area contributed by atoms with Crippen LogP contribution < -0.4 is 4.74 Å². The molecular weight excluding hydrogens is 460 g/mol. The molecule has 1 aromatic rings. The van der Waals surface area contributed by atoms with Gasteiger partial charge in [-0.15, -0.1) is 0 Å². The lowest BCUT2D eigenvalue weighted by Gasteiger charge is -2.37. The summed E-state index contributed by atoms with van der Waals surface area (Å²) in [5.74, 6) is 0.674. The number of nitrogens with zero attached hydrogens (tertiary/aromatic N) is 2. The lowest BCUT2D eigenvalue weighted by atomic mass is 10.0. The zero-order chi connectivity index (χ0) is 21.3. The number of aliphatic hydroxyl groups is 1. The highest BCUT2D eigenvalue weighted by atomic mass is 79.9. The minimum atomic E-state index is -3.83. The Kier molecular flexibility index (Phi) is 6.92. The summed E-state index contributed by atoms with van der Waals surface area (Å²) in [6.07, 6.45) is 2.41. The molecule has 1 amide bonds. The predicted octanol–water partition coefficient (Wildman–Crippen LogP) is 2.48. The number of aliphatic hydroxyl groups excluding tert-OH is 1. The maximum atomic E-state index is 13.3. The number of hydrogen-bond acceptors (Lipinski definition) is 5. The third-order valence-corrected chi connectivity index (χ3v) is 8.18. The van der Waals surface area contributed by atoms with Gasteiger partial charge >= 0.3 is 0 Å². The van der Waals surface area contributed by atoms with Crippen LogP contribution in [0.1, 0.15) is 33.1 Å². The lowest BCUT2D eigenvalue weighted by Crippen LogP contribution is -2.50. The molecule has 1 aliphatic heterocycles. The third-order valence-electron chi connectivity index (χ3n) is 5.67. The second-order valence-corrected chi connectivity index (χ2v) is 11.0. The minimum absolute atomic E-state index is 0.0739. The average molecular weight is 489 g/mol. The molecule has 1 fully saturated rings. The number of sulfonamides is 1. The molecule has 0 saturated heterocycles. The monoisotopic (exact) mass is 488 g/mol. The second kappa shape index (κ2) is 8.91. The van der Waals surface area contributed by atoms with Crippen LogP contribution in [-0.4, -0.2) is 67.5 Å². The van der Waals surface area contributed by atoms with Gasteiger partial charge in [0.05, 0.1) is 13.2 Å². The van der Waals surface area contributed by atoms with E-state index in [2.05, 4.69) is 15.9 Å². The molecular formula is C20H29BrN2O5S. The standard InChI is InChI=1S/C20H29BrN2O5S/c1-13-10-23(14(2)12-24)29(26,27)19-7-6-16(21)9-17(19)28-18(13)11-22(3)20(25)8-15-4-5-15/h6-7,9,13-15,18,24H,4-5,8,10-12H2,1-3H3/t13-,14-,18+/m0/s1. The first-order chi connectivity index (χ1) is 13.6. The van der Waals surface area contributed by atoms with E-state index in [1.165, 1.54) is 10.4 Å². The van der Waals surface area contributed by atoms with E-state index >= 15 is 0 Å². The average Bonchev–Trinajstić information content (AvgIpc) is 3.47. The number of benzene rings is 1. The topological polar surface area (TPSA) is 87.2 Å². The smallest absolute Gasteiger partial charge is 0.247 e. The summed E-state index contributed by atoms with van der Waals surface area (Å²) >= 11 is 3.38. The first-order valence-electron chi connectivity index (χ1n) is 9.96. The number of rotatable bonds is 6. The van der Waals surface area contributed by atoms with Crippen molar-refractivity contribution in [2.45, 2.75) is 50.2 Å². The van der Waals surface area contributed by atoms with Crippen LogP contribution in [0.3, 0.4) is 0 Å². The van der Waals surface area contributed by atoms with Crippen molar-refractivity contribution in [3.63, 3.8) is 0 Å². The van der Waals surface area contributed by atoms with Crippen LogP contribution in [0.25, 0.3) is 0 Å². The number of fused-ring (bicyclic) bond motifs is 1. The molecule has 1 aliphatic carbocycles. The van der Waals surface area contributed by atoms with Gasteiger partial charge in [0.2, 0.25) is 15.9 Å². The van der Waals surface area contributed by atoms with E-state index in [1.807, 2.05) is 6.92 Å². The van der Waals surface area contributed by atoms with Gasteiger partial charge in [0, 0.05) is 36.4 Å². The van der Waals surface area contributed by atoms with Gasteiger partial charge in [-0.1, -0.05) is 22.9 Å². The van der Waals surface area contributed by atoms with Gasteiger partial charge in [0.25, 0.3) is 0 Å². The number of likely N-dealkylation sites (N-methyl/N-ethyl adjacent to an activating group) is 1. The molecule has 3 rings (SSSR count). The maximum Gasteiger partial charge on any atom is 0.247 e. The van der Waals surface area contributed by atoms with Crippen molar-refractivity contribution in [2.75, 3.05) is 26.7 Å². The van der Waals surface area contributed by atoms with Crippen molar-refractivity contribution in [1.82, 2.24) is 9.21 Å². The first-order valence-corrected chi connectivity index (χ1v) is 12.2. The number of carbonyl (C=O) groups is 1. The van der Waals surface area contributed by atoms with Gasteiger partial charge in [0.15, 0.2) is 0 Å². The number of hydrogen-bond donors (Lipinski definition) is 1.